The number of nitrogens with zero attached hydrogens (tertiary/aromatic N) is 1. The number of hydrogen-bond acceptors (Lipinski definition) is 2. The fourth-order valence-electron chi connectivity index (χ4n) is 2.58. The van der Waals surface area contributed by atoms with Crippen molar-refractivity contribution in [1.29, 1.82) is 0 Å². The van der Waals surface area contributed by atoms with Gasteiger partial charge in [0.1, 0.15) is 0 Å². The molecular formula is C13H23NO3. The quantitative estimate of drug-likeness (QED) is 0.750. The van der Waals surface area contributed by atoms with Crippen LogP contribution in [0.5, 0.6) is 0 Å². The molecule has 0 radical (unpaired) electrons. The molecule has 1 fully saturated rings. The summed E-state index contributed by atoms with van der Waals surface area (Å²) in [6, 6.07) is 0. The van der Waals surface area contributed by atoms with Crippen molar-refractivity contribution in [1.82, 2.24) is 4.90 Å². The van der Waals surface area contributed by atoms with Crippen molar-refractivity contribution in [2.45, 2.75) is 46.0 Å². The number of piperidine rings is 1. The van der Waals surface area contributed by atoms with Crippen molar-refractivity contribution >= 4 is 11.9 Å². The van der Waals surface area contributed by atoms with Crippen LogP contribution in [0.3, 0.4) is 0 Å². The number of carboxylic acid groups (broad SMARTS) is 1. The summed E-state index contributed by atoms with van der Waals surface area (Å²) < 4.78 is 0. The minimum atomic E-state index is -0.780. The van der Waals surface area contributed by atoms with Crippen LogP contribution in [0.1, 0.15) is 46.0 Å². The maximum absolute atomic E-state index is 11.9. The molecular weight excluding hydrogens is 218 g/mol. The van der Waals surface area contributed by atoms with E-state index in [1.54, 1.807) is 0 Å². The summed E-state index contributed by atoms with van der Waals surface area (Å²) >= 11 is 0. The Kier molecular flexibility index (Phi) is 5.45. The lowest BCUT2D eigenvalue weighted by molar-refractivity contribution is -0.138. The lowest BCUT2D eigenvalue weighted by Gasteiger charge is -2.35. The Labute approximate surface area is 103 Å². The molecule has 1 heterocycles. The molecule has 0 aromatic carbocycles. The first-order valence-corrected chi connectivity index (χ1v) is 6.48. The van der Waals surface area contributed by atoms with Crippen molar-refractivity contribution in [3.8, 4) is 0 Å². The van der Waals surface area contributed by atoms with Gasteiger partial charge in [-0.15, -0.1) is 0 Å². The predicted octanol–water partition coefficient (Wildman–Crippen LogP) is 2.14. The monoisotopic (exact) mass is 241 g/mol. The van der Waals surface area contributed by atoms with Gasteiger partial charge in [0.25, 0.3) is 0 Å². The lowest BCUT2D eigenvalue weighted by Crippen LogP contribution is -2.42. The number of amides is 1. The summed E-state index contributed by atoms with van der Waals surface area (Å²) in [4.78, 5) is 24.2. The van der Waals surface area contributed by atoms with Gasteiger partial charge in [0, 0.05) is 25.9 Å². The SMILES string of the molecule is CC1CC(C)CN(C(=O)CCCCC(=O)O)C1. The molecule has 98 valence electrons. The van der Waals surface area contributed by atoms with Crippen LogP contribution in [0.15, 0.2) is 0 Å². The van der Waals surface area contributed by atoms with Crippen LogP contribution in [0, 0.1) is 11.8 Å². The molecule has 4 nitrogen and oxygen atoms in total. The Bertz CT molecular complexity index is 268. The number of carbonyl (C=O) groups excluding carboxylic acids is 1. The smallest absolute Gasteiger partial charge is 0.303 e. The van der Waals surface area contributed by atoms with E-state index in [4.69, 9.17) is 5.11 Å². The van der Waals surface area contributed by atoms with Crippen LogP contribution in [-0.2, 0) is 9.59 Å². The number of hydrogen-bond donors (Lipinski definition) is 1. The molecule has 0 bridgehead atoms. The van der Waals surface area contributed by atoms with Gasteiger partial charge in [-0.2, -0.15) is 0 Å². The van der Waals surface area contributed by atoms with Gasteiger partial charge >= 0.3 is 5.97 Å². The molecule has 0 aromatic heterocycles. The first kappa shape index (κ1) is 14.0. The Morgan fingerprint density at radius 2 is 1.65 bits per heavy atom. The molecule has 1 aliphatic rings. The summed E-state index contributed by atoms with van der Waals surface area (Å²) in [6.07, 6.45) is 3.14. The number of carboxylic acids is 1. The van der Waals surface area contributed by atoms with E-state index >= 15 is 0 Å². The highest BCUT2D eigenvalue weighted by Crippen LogP contribution is 2.21. The lowest BCUT2D eigenvalue weighted by atomic mass is 9.91. The van der Waals surface area contributed by atoms with Crippen LogP contribution in [-0.4, -0.2) is 35.0 Å². The van der Waals surface area contributed by atoms with E-state index in [9.17, 15) is 9.59 Å². The minimum absolute atomic E-state index is 0.167. The molecule has 2 atom stereocenters. The molecule has 0 saturated carbocycles. The largest absolute Gasteiger partial charge is 0.481 e. The number of carbonyl (C=O) groups is 2. The van der Waals surface area contributed by atoms with Gasteiger partial charge in [-0.1, -0.05) is 13.8 Å². The maximum atomic E-state index is 11.9. The Hall–Kier alpha value is -1.06. The van der Waals surface area contributed by atoms with E-state index in [1.165, 1.54) is 6.42 Å². The standard InChI is InChI=1S/C13H23NO3/c1-10-7-11(2)9-14(8-10)12(15)5-3-4-6-13(16)17/h10-11H,3-9H2,1-2H3,(H,16,17). The Morgan fingerprint density at radius 3 is 2.18 bits per heavy atom. The third kappa shape index (κ3) is 5.20. The van der Waals surface area contributed by atoms with Crippen molar-refractivity contribution in [2.24, 2.45) is 11.8 Å². The van der Waals surface area contributed by atoms with Crippen molar-refractivity contribution < 1.29 is 14.7 Å². The highest BCUT2D eigenvalue weighted by atomic mass is 16.4. The molecule has 1 amide bonds. The fourth-order valence-corrected chi connectivity index (χ4v) is 2.58. The zero-order valence-corrected chi connectivity index (χ0v) is 10.8. The molecule has 1 aliphatic heterocycles. The average Bonchev–Trinajstić information content (AvgIpc) is 2.22. The highest BCUT2D eigenvalue weighted by molar-refractivity contribution is 5.76. The van der Waals surface area contributed by atoms with Gasteiger partial charge in [-0.25, -0.2) is 0 Å². The summed E-state index contributed by atoms with van der Waals surface area (Å²) in [5.41, 5.74) is 0. The van der Waals surface area contributed by atoms with Gasteiger partial charge in [-0.3, -0.25) is 9.59 Å². The number of aliphatic carboxylic acids is 1. The van der Waals surface area contributed by atoms with Crippen LogP contribution in [0.2, 0.25) is 0 Å². The average molecular weight is 241 g/mol. The van der Waals surface area contributed by atoms with Crippen LogP contribution in [0.4, 0.5) is 0 Å². The summed E-state index contributed by atoms with van der Waals surface area (Å²) in [7, 11) is 0. The summed E-state index contributed by atoms with van der Waals surface area (Å²) in [5.74, 6) is 0.579. The highest BCUT2D eigenvalue weighted by Gasteiger charge is 2.24. The van der Waals surface area contributed by atoms with Crippen LogP contribution >= 0.6 is 0 Å². The second-order valence-corrected chi connectivity index (χ2v) is 5.35. The molecule has 4 heteroatoms. The summed E-state index contributed by atoms with van der Waals surface area (Å²) in [5, 5.41) is 8.50. The van der Waals surface area contributed by atoms with Gasteiger partial charge < -0.3 is 10.0 Å². The number of unbranched alkanes of at least 4 members (excludes halogenated alkanes) is 1. The molecule has 1 N–H and O–H groups in total. The molecule has 1 saturated heterocycles. The van der Waals surface area contributed by atoms with Crippen molar-refractivity contribution in [2.75, 3.05) is 13.1 Å². The van der Waals surface area contributed by atoms with Gasteiger partial charge in [0.05, 0.1) is 0 Å². The van der Waals surface area contributed by atoms with Gasteiger partial charge in [0.15, 0.2) is 0 Å². The van der Waals surface area contributed by atoms with E-state index in [0.717, 1.165) is 13.1 Å². The summed E-state index contributed by atoms with van der Waals surface area (Å²) in [6.45, 7) is 6.09. The first-order valence-electron chi connectivity index (χ1n) is 6.48. The predicted molar refractivity (Wildman–Crippen MR) is 65.6 cm³/mol. The molecule has 0 spiro atoms. The van der Waals surface area contributed by atoms with Gasteiger partial charge in [0.2, 0.25) is 5.91 Å². The second-order valence-electron chi connectivity index (χ2n) is 5.35. The molecule has 0 aliphatic carbocycles. The maximum Gasteiger partial charge on any atom is 0.303 e. The fraction of sp³-hybridized carbons (Fsp3) is 0.846. The Morgan fingerprint density at radius 1 is 1.12 bits per heavy atom. The van der Waals surface area contributed by atoms with Crippen LogP contribution in [0.25, 0.3) is 0 Å². The second kappa shape index (κ2) is 6.62. The normalized spacial score (nSPS) is 24.7. The van der Waals surface area contributed by atoms with Gasteiger partial charge in [-0.05, 0) is 31.1 Å². The molecule has 1 rings (SSSR count). The number of rotatable bonds is 5. The van der Waals surface area contributed by atoms with E-state index < -0.39 is 5.97 Å². The van der Waals surface area contributed by atoms with E-state index in [-0.39, 0.29) is 12.3 Å². The minimum Gasteiger partial charge on any atom is -0.481 e. The zero-order valence-electron chi connectivity index (χ0n) is 10.8. The topological polar surface area (TPSA) is 57.6 Å². The Balaban J connectivity index is 2.24. The third-order valence-electron chi connectivity index (χ3n) is 3.25. The molecule has 17 heavy (non-hydrogen) atoms. The molecule has 2 unspecified atom stereocenters. The molecule has 0 aromatic rings. The van der Waals surface area contributed by atoms with E-state index in [1.807, 2.05) is 4.90 Å². The van der Waals surface area contributed by atoms with E-state index in [0.29, 0.717) is 31.1 Å². The van der Waals surface area contributed by atoms with Crippen molar-refractivity contribution in [3.05, 3.63) is 0 Å². The number of likely N-dealkylation sites (tertiary alicyclic amines) is 1. The third-order valence-corrected chi connectivity index (χ3v) is 3.25. The van der Waals surface area contributed by atoms with E-state index in [2.05, 4.69) is 13.8 Å². The van der Waals surface area contributed by atoms with Crippen molar-refractivity contribution in [3.63, 3.8) is 0 Å². The first-order chi connectivity index (χ1) is 7.99. The van der Waals surface area contributed by atoms with Crippen LogP contribution < -0.4 is 0 Å². The zero-order chi connectivity index (χ0) is 12.8.